The maximum Gasteiger partial charge on any atom is 0.146 e. The van der Waals surface area contributed by atoms with Crippen molar-refractivity contribution in [2.45, 2.75) is 19.1 Å². The van der Waals surface area contributed by atoms with Gasteiger partial charge in [-0.3, -0.25) is 0 Å². The topological polar surface area (TPSA) is 26.0 Å². The quantitative estimate of drug-likeness (QED) is 0.595. The first-order valence-electron chi connectivity index (χ1n) is 4.35. The number of rotatable bonds is 4. The summed E-state index contributed by atoms with van der Waals surface area (Å²) < 4.78 is 13.0. The molecule has 0 heterocycles. The number of nitrogens with two attached hydrogens (primary N) is 1. The van der Waals surface area contributed by atoms with Crippen LogP contribution in [0.2, 0.25) is 0 Å². The molecule has 1 aromatic carbocycles. The van der Waals surface area contributed by atoms with Crippen LogP contribution in [0.3, 0.4) is 0 Å². The van der Waals surface area contributed by atoms with E-state index in [9.17, 15) is 4.39 Å². The highest BCUT2D eigenvalue weighted by molar-refractivity contribution is 7.98. The van der Waals surface area contributed by atoms with Gasteiger partial charge in [-0.05, 0) is 29.9 Å². The van der Waals surface area contributed by atoms with E-state index in [2.05, 4.69) is 6.92 Å². The van der Waals surface area contributed by atoms with Gasteiger partial charge in [0.25, 0.3) is 0 Å². The molecule has 0 aromatic heterocycles. The van der Waals surface area contributed by atoms with Crippen molar-refractivity contribution in [1.29, 1.82) is 0 Å². The summed E-state index contributed by atoms with van der Waals surface area (Å²) in [6.07, 6.45) is 1.15. The van der Waals surface area contributed by atoms with Crippen LogP contribution in [0.15, 0.2) is 18.2 Å². The molecule has 0 fully saturated rings. The standard InChI is InChI=1S/C10H14FNS/c1-2-5-13-7-8-3-4-10(12)9(11)6-8/h3-4,6H,2,5,7,12H2,1H3. The van der Waals surface area contributed by atoms with Crippen molar-refractivity contribution in [2.75, 3.05) is 11.5 Å². The summed E-state index contributed by atoms with van der Waals surface area (Å²) in [5.74, 6) is 1.67. The molecule has 13 heavy (non-hydrogen) atoms. The first-order valence-corrected chi connectivity index (χ1v) is 5.51. The summed E-state index contributed by atoms with van der Waals surface area (Å²) in [5.41, 5.74) is 6.59. The molecule has 2 N–H and O–H groups in total. The summed E-state index contributed by atoms with van der Waals surface area (Å²) in [6, 6.07) is 5.01. The number of nitrogen functional groups attached to an aromatic ring is 1. The molecule has 0 aliphatic carbocycles. The van der Waals surface area contributed by atoms with Gasteiger partial charge in [0.1, 0.15) is 5.82 Å². The number of anilines is 1. The molecule has 3 heteroatoms. The molecule has 1 rings (SSSR count). The van der Waals surface area contributed by atoms with Crippen LogP contribution in [-0.4, -0.2) is 5.75 Å². The smallest absolute Gasteiger partial charge is 0.146 e. The first-order chi connectivity index (χ1) is 6.24. The molecular formula is C10H14FNS. The van der Waals surface area contributed by atoms with Crippen molar-refractivity contribution < 1.29 is 4.39 Å². The van der Waals surface area contributed by atoms with Crippen LogP contribution in [0.4, 0.5) is 10.1 Å². The van der Waals surface area contributed by atoms with Gasteiger partial charge in [0.05, 0.1) is 5.69 Å². The van der Waals surface area contributed by atoms with Gasteiger partial charge in [-0.1, -0.05) is 13.0 Å². The second kappa shape index (κ2) is 5.12. The third-order valence-corrected chi connectivity index (χ3v) is 2.92. The van der Waals surface area contributed by atoms with Gasteiger partial charge in [-0.15, -0.1) is 0 Å². The highest BCUT2D eigenvalue weighted by Gasteiger charge is 1.99. The van der Waals surface area contributed by atoms with Crippen LogP contribution >= 0.6 is 11.8 Å². The number of halogens is 1. The van der Waals surface area contributed by atoms with Crippen molar-refractivity contribution in [2.24, 2.45) is 0 Å². The van der Waals surface area contributed by atoms with Gasteiger partial charge in [-0.2, -0.15) is 11.8 Å². The number of hydrogen-bond acceptors (Lipinski definition) is 2. The normalized spacial score (nSPS) is 10.3. The minimum Gasteiger partial charge on any atom is -0.396 e. The van der Waals surface area contributed by atoms with E-state index >= 15 is 0 Å². The lowest BCUT2D eigenvalue weighted by Gasteiger charge is -2.02. The van der Waals surface area contributed by atoms with E-state index in [0.717, 1.165) is 23.5 Å². The molecule has 0 amide bonds. The Bertz CT molecular complexity index is 276. The largest absolute Gasteiger partial charge is 0.396 e. The zero-order valence-electron chi connectivity index (χ0n) is 7.72. The Morgan fingerprint density at radius 2 is 2.23 bits per heavy atom. The van der Waals surface area contributed by atoms with Crippen molar-refractivity contribution >= 4 is 17.4 Å². The number of hydrogen-bond donors (Lipinski definition) is 1. The first kappa shape index (κ1) is 10.4. The van der Waals surface area contributed by atoms with E-state index in [1.165, 1.54) is 6.07 Å². The Morgan fingerprint density at radius 1 is 1.46 bits per heavy atom. The fourth-order valence-electron chi connectivity index (χ4n) is 0.995. The molecule has 0 bridgehead atoms. The van der Waals surface area contributed by atoms with Gasteiger partial charge in [0.2, 0.25) is 0 Å². The lowest BCUT2D eigenvalue weighted by atomic mass is 10.2. The molecule has 0 aliphatic heterocycles. The zero-order chi connectivity index (χ0) is 9.68. The molecule has 0 spiro atoms. The van der Waals surface area contributed by atoms with Crippen LogP contribution < -0.4 is 5.73 Å². The summed E-state index contributed by atoms with van der Waals surface area (Å²) >= 11 is 1.81. The van der Waals surface area contributed by atoms with E-state index < -0.39 is 0 Å². The molecule has 0 aliphatic rings. The summed E-state index contributed by atoms with van der Waals surface area (Å²) in [6.45, 7) is 2.14. The van der Waals surface area contributed by atoms with Gasteiger partial charge < -0.3 is 5.73 Å². The van der Waals surface area contributed by atoms with Gasteiger partial charge in [0.15, 0.2) is 0 Å². The summed E-state index contributed by atoms with van der Waals surface area (Å²) in [4.78, 5) is 0. The van der Waals surface area contributed by atoms with Crippen LogP contribution in [-0.2, 0) is 5.75 Å². The van der Waals surface area contributed by atoms with Crippen LogP contribution in [0.25, 0.3) is 0 Å². The maximum absolute atomic E-state index is 13.0. The highest BCUT2D eigenvalue weighted by atomic mass is 32.2. The Morgan fingerprint density at radius 3 is 2.85 bits per heavy atom. The third-order valence-electron chi connectivity index (χ3n) is 1.68. The Labute approximate surface area is 82.5 Å². The third kappa shape index (κ3) is 3.27. The second-order valence-electron chi connectivity index (χ2n) is 2.91. The van der Waals surface area contributed by atoms with Crippen molar-refractivity contribution in [3.63, 3.8) is 0 Å². The molecule has 0 saturated carbocycles. The fourth-order valence-corrected chi connectivity index (χ4v) is 1.84. The molecule has 0 atom stereocenters. The Kier molecular flexibility index (Phi) is 4.09. The van der Waals surface area contributed by atoms with Crippen molar-refractivity contribution in [3.8, 4) is 0 Å². The molecule has 0 radical (unpaired) electrons. The fraction of sp³-hybridized carbons (Fsp3) is 0.400. The second-order valence-corrected chi connectivity index (χ2v) is 4.01. The molecule has 1 aromatic rings. The van der Waals surface area contributed by atoms with Gasteiger partial charge >= 0.3 is 0 Å². The summed E-state index contributed by atoms with van der Waals surface area (Å²) in [7, 11) is 0. The zero-order valence-corrected chi connectivity index (χ0v) is 8.53. The van der Waals surface area contributed by atoms with Crippen molar-refractivity contribution in [3.05, 3.63) is 29.6 Å². The molecule has 0 unspecified atom stereocenters. The number of thioether (sulfide) groups is 1. The van der Waals surface area contributed by atoms with Crippen molar-refractivity contribution in [1.82, 2.24) is 0 Å². The maximum atomic E-state index is 13.0. The average molecular weight is 199 g/mol. The average Bonchev–Trinajstić information content (AvgIpc) is 2.12. The van der Waals surface area contributed by atoms with E-state index in [1.807, 2.05) is 17.8 Å². The summed E-state index contributed by atoms with van der Waals surface area (Å²) in [5, 5.41) is 0. The van der Waals surface area contributed by atoms with Gasteiger partial charge in [0, 0.05) is 5.75 Å². The monoisotopic (exact) mass is 199 g/mol. The predicted molar refractivity (Wildman–Crippen MR) is 57.3 cm³/mol. The van der Waals surface area contributed by atoms with Crippen LogP contribution in [0.5, 0.6) is 0 Å². The minimum absolute atomic E-state index is 0.226. The lowest BCUT2D eigenvalue weighted by molar-refractivity contribution is 0.631. The molecule has 1 nitrogen and oxygen atoms in total. The minimum atomic E-state index is -0.311. The van der Waals surface area contributed by atoms with E-state index in [4.69, 9.17) is 5.73 Å². The molecule has 72 valence electrons. The van der Waals surface area contributed by atoms with Gasteiger partial charge in [-0.25, -0.2) is 4.39 Å². The van der Waals surface area contributed by atoms with E-state index in [1.54, 1.807) is 6.07 Å². The Balaban J connectivity index is 2.53. The highest BCUT2D eigenvalue weighted by Crippen LogP contribution is 2.17. The lowest BCUT2D eigenvalue weighted by Crippen LogP contribution is -1.92. The van der Waals surface area contributed by atoms with E-state index in [0.29, 0.717) is 0 Å². The van der Waals surface area contributed by atoms with Crippen LogP contribution in [0, 0.1) is 5.82 Å². The van der Waals surface area contributed by atoms with Crippen LogP contribution in [0.1, 0.15) is 18.9 Å². The Hall–Kier alpha value is -0.700. The molecule has 0 saturated heterocycles. The number of benzene rings is 1. The predicted octanol–water partition coefficient (Wildman–Crippen LogP) is 3.05. The van der Waals surface area contributed by atoms with E-state index in [-0.39, 0.29) is 11.5 Å². The molecular weight excluding hydrogens is 185 g/mol. The SMILES string of the molecule is CCCSCc1ccc(N)c(F)c1.